The first-order valence-electron chi connectivity index (χ1n) is 8.47. The molecule has 0 radical (unpaired) electrons. The average Bonchev–Trinajstić information content (AvgIpc) is 3.21. The van der Waals surface area contributed by atoms with E-state index in [0.29, 0.717) is 22.5 Å². The second-order valence-electron chi connectivity index (χ2n) is 6.18. The largest absolute Gasteiger partial charge is 0.466 e. The number of esters is 2. The maximum absolute atomic E-state index is 12.6. The van der Waals surface area contributed by atoms with Gasteiger partial charge in [-0.2, -0.15) is 0 Å². The van der Waals surface area contributed by atoms with Gasteiger partial charge in [-0.25, -0.2) is 9.59 Å². The van der Waals surface area contributed by atoms with Gasteiger partial charge in [-0.1, -0.05) is 30.3 Å². The fourth-order valence-electron chi connectivity index (χ4n) is 3.47. The lowest BCUT2D eigenvalue weighted by Gasteiger charge is -2.31. The van der Waals surface area contributed by atoms with Gasteiger partial charge in [0, 0.05) is 16.3 Å². The Morgan fingerprint density at radius 3 is 2.04 bits per heavy atom. The Hall–Kier alpha value is -2.86. The fraction of sp³-hybridized carbons (Fsp3) is 0.238. The molecule has 1 aromatic carbocycles. The monoisotopic (exact) mass is 383 g/mol. The molecule has 0 fully saturated rings. The van der Waals surface area contributed by atoms with Crippen molar-refractivity contribution in [3.05, 3.63) is 69.9 Å². The first-order chi connectivity index (χ1) is 13.0. The number of thiophene rings is 1. The van der Waals surface area contributed by atoms with Crippen LogP contribution in [-0.4, -0.2) is 26.2 Å². The number of hydrogen-bond donors (Lipinski definition) is 1. The van der Waals surface area contributed by atoms with Crippen LogP contribution in [0.15, 0.2) is 64.3 Å². The van der Waals surface area contributed by atoms with Crippen molar-refractivity contribution < 1.29 is 19.1 Å². The molecule has 0 spiro atoms. The Kier molecular flexibility index (Phi) is 5.46. The van der Waals surface area contributed by atoms with E-state index in [1.165, 1.54) is 14.2 Å². The molecule has 0 atom stereocenters. The highest BCUT2D eigenvalue weighted by molar-refractivity contribution is 7.13. The molecular weight excluding hydrogens is 362 g/mol. The minimum atomic E-state index is -0.579. The fourth-order valence-corrected chi connectivity index (χ4v) is 4.24. The zero-order valence-electron chi connectivity index (χ0n) is 15.7. The summed E-state index contributed by atoms with van der Waals surface area (Å²) in [4.78, 5) is 26.3. The maximum atomic E-state index is 12.6. The molecule has 140 valence electrons. The van der Waals surface area contributed by atoms with Crippen LogP contribution in [0.1, 0.15) is 25.3 Å². The predicted octanol–water partition coefficient (Wildman–Crippen LogP) is 4.00. The second kappa shape index (κ2) is 7.80. The van der Waals surface area contributed by atoms with E-state index in [2.05, 4.69) is 5.32 Å². The predicted molar refractivity (Wildman–Crippen MR) is 105 cm³/mol. The Bertz CT molecular complexity index is 903. The summed E-state index contributed by atoms with van der Waals surface area (Å²) in [6.45, 7) is 3.62. The van der Waals surface area contributed by atoms with E-state index in [1.807, 2.05) is 55.6 Å². The minimum Gasteiger partial charge on any atom is -0.466 e. The lowest BCUT2D eigenvalue weighted by atomic mass is 9.78. The van der Waals surface area contributed by atoms with E-state index >= 15 is 0 Å². The molecule has 0 amide bonds. The van der Waals surface area contributed by atoms with Gasteiger partial charge in [0.2, 0.25) is 0 Å². The molecule has 3 rings (SSSR count). The SMILES string of the molecule is COC(=O)C1=C(C)NC(C)=C(C(=O)OC)C1c1ccccc1-c1cccs1. The number of dihydropyridines is 1. The molecule has 2 aromatic rings. The maximum Gasteiger partial charge on any atom is 0.336 e. The topological polar surface area (TPSA) is 64.6 Å². The summed E-state index contributed by atoms with van der Waals surface area (Å²) in [6.07, 6.45) is 0. The highest BCUT2D eigenvalue weighted by Crippen LogP contribution is 2.43. The van der Waals surface area contributed by atoms with Crippen molar-refractivity contribution in [2.24, 2.45) is 0 Å². The number of allylic oxidation sites excluding steroid dienone is 2. The molecular formula is C21H21NO4S. The molecule has 27 heavy (non-hydrogen) atoms. The van der Waals surface area contributed by atoms with Gasteiger partial charge in [0.1, 0.15) is 0 Å². The number of nitrogens with one attached hydrogen (secondary N) is 1. The molecule has 0 aliphatic carbocycles. The van der Waals surface area contributed by atoms with Crippen LogP contribution in [0, 0.1) is 0 Å². The Balaban J connectivity index is 2.29. The molecule has 1 N–H and O–H groups in total. The summed E-state index contributed by atoms with van der Waals surface area (Å²) in [5.74, 6) is -1.52. The lowest BCUT2D eigenvalue weighted by Crippen LogP contribution is -2.32. The molecule has 2 heterocycles. The first-order valence-corrected chi connectivity index (χ1v) is 9.35. The van der Waals surface area contributed by atoms with Gasteiger partial charge in [-0.15, -0.1) is 11.3 Å². The van der Waals surface area contributed by atoms with Crippen molar-refractivity contribution in [3.8, 4) is 10.4 Å². The highest BCUT2D eigenvalue weighted by Gasteiger charge is 2.38. The first kappa shape index (κ1) is 18.9. The van der Waals surface area contributed by atoms with Crippen LogP contribution in [0.3, 0.4) is 0 Å². The van der Waals surface area contributed by atoms with Crippen LogP contribution in [-0.2, 0) is 19.1 Å². The van der Waals surface area contributed by atoms with E-state index < -0.39 is 17.9 Å². The van der Waals surface area contributed by atoms with E-state index in [-0.39, 0.29) is 0 Å². The van der Waals surface area contributed by atoms with Crippen molar-refractivity contribution >= 4 is 23.3 Å². The van der Waals surface area contributed by atoms with Crippen LogP contribution >= 0.6 is 11.3 Å². The number of carbonyl (C=O) groups is 2. The molecule has 1 aliphatic rings. The minimum absolute atomic E-state index is 0.410. The van der Waals surface area contributed by atoms with Gasteiger partial charge < -0.3 is 14.8 Å². The molecule has 1 aliphatic heterocycles. The zero-order valence-corrected chi connectivity index (χ0v) is 16.5. The van der Waals surface area contributed by atoms with E-state index in [9.17, 15) is 9.59 Å². The van der Waals surface area contributed by atoms with Crippen LogP contribution in [0.25, 0.3) is 10.4 Å². The van der Waals surface area contributed by atoms with Gasteiger partial charge in [0.25, 0.3) is 0 Å². The van der Waals surface area contributed by atoms with Crippen molar-refractivity contribution in [3.63, 3.8) is 0 Å². The summed E-state index contributed by atoms with van der Waals surface area (Å²) < 4.78 is 10.1. The Labute approximate surface area is 162 Å². The van der Waals surface area contributed by atoms with Crippen LogP contribution in [0.2, 0.25) is 0 Å². The number of hydrogen-bond acceptors (Lipinski definition) is 6. The number of ether oxygens (including phenoxy) is 2. The zero-order chi connectivity index (χ0) is 19.6. The van der Waals surface area contributed by atoms with Crippen molar-refractivity contribution in [2.45, 2.75) is 19.8 Å². The van der Waals surface area contributed by atoms with Gasteiger partial charge in [0.05, 0.1) is 31.3 Å². The Morgan fingerprint density at radius 2 is 1.52 bits per heavy atom. The average molecular weight is 383 g/mol. The quantitative estimate of drug-likeness (QED) is 0.809. The number of methoxy groups -OCH3 is 2. The smallest absolute Gasteiger partial charge is 0.336 e. The molecule has 6 heteroatoms. The molecule has 0 unspecified atom stereocenters. The summed E-state index contributed by atoms with van der Waals surface area (Å²) in [7, 11) is 2.68. The van der Waals surface area contributed by atoms with Gasteiger partial charge in [0.15, 0.2) is 0 Å². The molecule has 5 nitrogen and oxygen atoms in total. The molecule has 0 saturated carbocycles. The van der Waals surface area contributed by atoms with Gasteiger partial charge in [-0.3, -0.25) is 0 Å². The van der Waals surface area contributed by atoms with Crippen LogP contribution in [0.5, 0.6) is 0 Å². The van der Waals surface area contributed by atoms with Crippen LogP contribution in [0.4, 0.5) is 0 Å². The lowest BCUT2D eigenvalue weighted by molar-refractivity contribution is -0.137. The van der Waals surface area contributed by atoms with Crippen molar-refractivity contribution in [1.82, 2.24) is 5.32 Å². The van der Waals surface area contributed by atoms with E-state index in [0.717, 1.165) is 16.0 Å². The van der Waals surface area contributed by atoms with Gasteiger partial charge in [-0.05, 0) is 36.4 Å². The third kappa shape index (κ3) is 3.40. The summed E-state index contributed by atoms with van der Waals surface area (Å²) in [5, 5.41) is 5.12. The third-order valence-corrected chi connectivity index (χ3v) is 5.53. The number of benzene rings is 1. The van der Waals surface area contributed by atoms with Crippen LogP contribution < -0.4 is 5.32 Å². The van der Waals surface area contributed by atoms with E-state index in [4.69, 9.17) is 9.47 Å². The molecule has 0 saturated heterocycles. The molecule has 1 aromatic heterocycles. The molecule has 0 bridgehead atoms. The third-order valence-electron chi connectivity index (χ3n) is 4.63. The number of rotatable bonds is 4. The highest BCUT2D eigenvalue weighted by atomic mass is 32.1. The van der Waals surface area contributed by atoms with Crippen molar-refractivity contribution in [1.29, 1.82) is 0 Å². The van der Waals surface area contributed by atoms with E-state index in [1.54, 1.807) is 11.3 Å². The Morgan fingerprint density at radius 1 is 0.926 bits per heavy atom. The summed E-state index contributed by atoms with van der Waals surface area (Å²) in [5.41, 5.74) is 3.99. The summed E-state index contributed by atoms with van der Waals surface area (Å²) >= 11 is 1.61. The van der Waals surface area contributed by atoms with Crippen molar-refractivity contribution in [2.75, 3.05) is 14.2 Å². The second-order valence-corrected chi connectivity index (χ2v) is 7.13. The standard InChI is InChI=1S/C21H21NO4S/c1-12-17(20(23)25-3)19(18(13(2)22-12)21(24)26-4)15-9-6-5-8-14(15)16-10-7-11-27-16/h5-11,19,22H,1-4H3. The van der Waals surface area contributed by atoms with Gasteiger partial charge >= 0.3 is 11.9 Å². The summed E-state index contributed by atoms with van der Waals surface area (Å²) in [6, 6.07) is 11.8. The number of carbonyl (C=O) groups excluding carboxylic acids is 2. The normalized spacial score (nSPS) is 14.8.